The number of hydrogen-bond donors (Lipinski definition) is 1. The summed E-state index contributed by atoms with van der Waals surface area (Å²) < 4.78 is 6.22. The Bertz CT molecular complexity index is 887. The number of amides is 1. The highest BCUT2D eigenvalue weighted by Gasteiger charge is 2.64. The van der Waals surface area contributed by atoms with Crippen molar-refractivity contribution in [2.45, 2.75) is 39.8 Å². The van der Waals surface area contributed by atoms with Crippen LogP contribution in [0.5, 0.6) is 5.75 Å². The van der Waals surface area contributed by atoms with E-state index in [1.165, 1.54) is 0 Å². The summed E-state index contributed by atoms with van der Waals surface area (Å²) in [5.41, 5.74) is 0.369. The molecule has 1 saturated carbocycles. The molecule has 0 aliphatic heterocycles. The van der Waals surface area contributed by atoms with Crippen LogP contribution in [-0.4, -0.2) is 23.0 Å². The Labute approximate surface area is 164 Å². The maximum atomic E-state index is 12.6. The highest BCUT2D eigenvalue weighted by molar-refractivity contribution is 6.31. The fourth-order valence-corrected chi connectivity index (χ4v) is 4.52. The van der Waals surface area contributed by atoms with Crippen LogP contribution in [-0.2, 0) is 0 Å². The molecule has 27 heavy (non-hydrogen) atoms. The molecule has 0 bridgehead atoms. The normalized spacial score (nSPS) is 22.2. The van der Waals surface area contributed by atoms with Gasteiger partial charge in [-0.2, -0.15) is 5.26 Å². The van der Waals surface area contributed by atoms with Gasteiger partial charge in [0.2, 0.25) is 0 Å². The summed E-state index contributed by atoms with van der Waals surface area (Å²) in [7, 11) is 0. The molecule has 6 heteroatoms. The molecule has 2 aromatic rings. The minimum Gasteiger partial charge on any atom is -0.489 e. The summed E-state index contributed by atoms with van der Waals surface area (Å²) in [5, 5.41) is 12.5. The summed E-state index contributed by atoms with van der Waals surface area (Å²) in [5.74, 6) is 0.469. The average molecular weight is 384 g/mol. The summed E-state index contributed by atoms with van der Waals surface area (Å²) >= 11 is 6.12. The molecule has 1 aliphatic carbocycles. The first-order chi connectivity index (χ1) is 12.7. The van der Waals surface area contributed by atoms with Gasteiger partial charge in [0.1, 0.15) is 17.9 Å². The Morgan fingerprint density at radius 1 is 1.26 bits per heavy atom. The number of carbonyl (C=O) groups is 1. The molecule has 1 amide bonds. The first-order valence-electron chi connectivity index (χ1n) is 8.75. The van der Waals surface area contributed by atoms with E-state index in [1.54, 1.807) is 42.7 Å². The molecule has 0 radical (unpaired) electrons. The van der Waals surface area contributed by atoms with Crippen LogP contribution in [0.25, 0.3) is 0 Å². The minimum absolute atomic E-state index is 0.0726. The minimum atomic E-state index is -0.290. The van der Waals surface area contributed by atoms with Gasteiger partial charge in [-0.15, -0.1) is 0 Å². The maximum absolute atomic E-state index is 12.6. The van der Waals surface area contributed by atoms with E-state index in [1.807, 2.05) is 6.07 Å². The van der Waals surface area contributed by atoms with Crippen LogP contribution in [0, 0.1) is 22.2 Å². The lowest BCUT2D eigenvalue weighted by atomic mass is 9.49. The van der Waals surface area contributed by atoms with Crippen LogP contribution in [0.1, 0.15) is 43.6 Å². The lowest BCUT2D eigenvalue weighted by Crippen LogP contribution is -2.74. The summed E-state index contributed by atoms with van der Waals surface area (Å²) in [6.45, 7) is 8.29. The van der Waals surface area contributed by atoms with E-state index in [0.29, 0.717) is 21.9 Å². The largest absolute Gasteiger partial charge is 0.489 e. The Hall–Kier alpha value is -2.58. The van der Waals surface area contributed by atoms with E-state index >= 15 is 0 Å². The van der Waals surface area contributed by atoms with Crippen LogP contribution in [0.15, 0.2) is 42.7 Å². The fourth-order valence-electron chi connectivity index (χ4n) is 4.31. The second-order valence-electron chi connectivity index (χ2n) is 8.04. The molecule has 1 aromatic carbocycles. The van der Waals surface area contributed by atoms with Crippen molar-refractivity contribution >= 4 is 17.5 Å². The molecule has 0 atom stereocenters. The third-order valence-corrected chi connectivity index (χ3v) is 5.67. The average Bonchev–Trinajstić information content (AvgIpc) is 2.64. The number of nitrogens with one attached hydrogen (secondary N) is 1. The third-order valence-electron chi connectivity index (χ3n) is 5.35. The van der Waals surface area contributed by atoms with Gasteiger partial charge >= 0.3 is 0 Å². The molecule has 1 aliphatic rings. The molecule has 0 saturated heterocycles. The predicted octanol–water partition coefficient (Wildman–Crippen LogP) is 4.22. The van der Waals surface area contributed by atoms with Crippen molar-refractivity contribution in [3.8, 4) is 11.8 Å². The molecule has 0 unspecified atom stereocenters. The third kappa shape index (κ3) is 3.38. The highest BCUT2D eigenvalue weighted by Crippen LogP contribution is 2.55. The molecule has 0 spiro atoms. The van der Waals surface area contributed by atoms with Crippen LogP contribution < -0.4 is 10.1 Å². The Kier molecular flexibility index (Phi) is 4.88. The number of hydrogen-bond acceptors (Lipinski definition) is 4. The predicted molar refractivity (Wildman–Crippen MR) is 104 cm³/mol. The maximum Gasteiger partial charge on any atom is 0.253 e. The number of benzene rings is 1. The number of halogens is 1. The molecule has 3 rings (SSSR count). The van der Waals surface area contributed by atoms with Gasteiger partial charge in [-0.1, -0.05) is 39.3 Å². The van der Waals surface area contributed by atoms with Gasteiger partial charge in [0.15, 0.2) is 0 Å². The van der Waals surface area contributed by atoms with E-state index in [2.05, 4.69) is 38.0 Å². The number of ether oxygens (including phenoxy) is 1. The first-order valence-corrected chi connectivity index (χ1v) is 9.13. The first kappa shape index (κ1) is 19.2. The number of nitriles is 1. The SMILES string of the molecule is CC1(C)C(NC(=O)c2cccnc2)C(C)(C)C1Oc1ccc(C#N)c(Cl)c1. The Morgan fingerprint density at radius 3 is 2.52 bits per heavy atom. The lowest BCUT2D eigenvalue weighted by Gasteiger charge is -2.63. The molecule has 1 fully saturated rings. The molecule has 1 aromatic heterocycles. The van der Waals surface area contributed by atoms with E-state index in [9.17, 15) is 4.79 Å². The second kappa shape index (κ2) is 6.86. The van der Waals surface area contributed by atoms with Gasteiger partial charge in [-0.05, 0) is 24.3 Å². The smallest absolute Gasteiger partial charge is 0.253 e. The van der Waals surface area contributed by atoms with Crippen LogP contribution >= 0.6 is 11.6 Å². The van der Waals surface area contributed by atoms with Crippen molar-refractivity contribution in [1.82, 2.24) is 10.3 Å². The quantitative estimate of drug-likeness (QED) is 0.857. The van der Waals surface area contributed by atoms with Crippen LogP contribution in [0.4, 0.5) is 0 Å². The van der Waals surface area contributed by atoms with Crippen molar-refractivity contribution in [2.75, 3.05) is 0 Å². The molecule has 5 nitrogen and oxygen atoms in total. The van der Waals surface area contributed by atoms with Crippen molar-refractivity contribution in [1.29, 1.82) is 5.26 Å². The monoisotopic (exact) mass is 383 g/mol. The fraction of sp³-hybridized carbons (Fsp3) is 0.381. The van der Waals surface area contributed by atoms with E-state index in [0.717, 1.165) is 0 Å². The van der Waals surface area contributed by atoms with Crippen molar-refractivity contribution < 1.29 is 9.53 Å². The summed E-state index contributed by atoms with van der Waals surface area (Å²) in [6.07, 6.45) is 3.06. The van der Waals surface area contributed by atoms with Crippen molar-refractivity contribution in [3.05, 3.63) is 58.9 Å². The van der Waals surface area contributed by atoms with Gasteiger partial charge in [-0.3, -0.25) is 9.78 Å². The zero-order chi connectivity index (χ0) is 19.8. The molecule has 140 valence electrons. The van der Waals surface area contributed by atoms with E-state index in [4.69, 9.17) is 21.6 Å². The molecule has 1 heterocycles. The van der Waals surface area contributed by atoms with Crippen LogP contribution in [0.2, 0.25) is 5.02 Å². The van der Waals surface area contributed by atoms with Crippen LogP contribution in [0.3, 0.4) is 0 Å². The summed E-state index contributed by atoms with van der Waals surface area (Å²) in [4.78, 5) is 16.6. The highest BCUT2D eigenvalue weighted by atomic mass is 35.5. The zero-order valence-electron chi connectivity index (χ0n) is 15.8. The topological polar surface area (TPSA) is 75.0 Å². The van der Waals surface area contributed by atoms with Gasteiger partial charge in [-0.25, -0.2) is 0 Å². The Morgan fingerprint density at radius 2 is 1.96 bits per heavy atom. The van der Waals surface area contributed by atoms with Gasteiger partial charge < -0.3 is 10.1 Å². The Balaban J connectivity index is 1.77. The number of carbonyl (C=O) groups excluding carboxylic acids is 1. The van der Waals surface area contributed by atoms with E-state index < -0.39 is 0 Å². The van der Waals surface area contributed by atoms with Gasteiger partial charge in [0.25, 0.3) is 5.91 Å². The number of aromatic nitrogens is 1. The number of nitrogens with zero attached hydrogens (tertiary/aromatic N) is 2. The van der Waals surface area contributed by atoms with Crippen molar-refractivity contribution in [2.24, 2.45) is 10.8 Å². The molecular formula is C21H22ClN3O2. The lowest BCUT2D eigenvalue weighted by molar-refractivity contribution is -0.164. The number of pyridine rings is 1. The van der Waals surface area contributed by atoms with E-state index in [-0.39, 0.29) is 28.9 Å². The molecule has 1 N–H and O–H groups in total. The van der Waals surface area contributed by atoms with Gasteiger partial charge in [0, 0.05) is 35.3 Å². The number of rotatable bonds is 4. The standard InChI is InChI=1S/C21H22ClN3O2/c1-20(2)18(25-17(26)14-6-5-9-24-12-14)21(3,4)19(20)27-15-8-7-13(11-23)16(22)10-15/h5-10,12,18-19H,1-4H3,(H,25,26). The van der Waals surface area contributed by atoms with Crippen molar-refractivity contribution in [3.63, 3.8) is 0 Å². The van der Waals surface area contributed by atoms with Gasteiger partial charge in [0.05, 0.1) is 16.1 Å². The zero-order valence-corrected chi connectivity index (χ0v) is 16.5. The second-order valence-corrected chi connectivity index (χ2v) is 8.45. The molecular weight excluding hydrogens is 362 g/mol. The summed E-state index contributed by atoms with van der Waals surface area (Å²) in [6, 6.07) is 10.5.